The number of benzene rings is 3. The summed E-state index contributed by atoms with van der Waals surface area (Å²) in [5, 5.41) is 28.4. The maximum atomic E-state index is 14.3. The van der Waals surface area contributed by atoms with Crippen LogP contribution in [-0.4, -0.2) is 91.3 Å². The topological polar surface area (TPSA) is 183 Å². The Morgan fingerprint density at radius 1 is 1.09 bits per heavy atom. The average Bonchev–Trinajstić information content (AvgIpc) is 3.63. The van der Waals surface area contributed by atoms with Crippen molar-refractivity contribution in [2.24, 2.45) is 0 Å². The first-order valence-electron chi connectivity index (χ1n) is 18.3. The van der Waals surface area contributed by atoms with E-state index in [9.17, 15) is 19.8 Å². The van der Waals surface area contributed by atoms with Crippen LogP contribution in [0.2, 0.25) is 0 Å². The van der Waals surface area contributed by atoms with Gasteiger partial charge in [0.15, 0.2) is 23.0 Å². The number of rotatable bonds is 5. The van der Waals surface area contributed by atoms with Gasteiger partial charge in [0.1, 0.15) is 24.7 Å². The molecule has 3 aromatic rings. The molecule has 288 valence electrons. The Morgan fingerprint density at radius 3 is 2.65 bits per heavy atom. The van der Waals surface area contributed by atoms with E-state index in [0.29, 0.717) is 70.6 Å². The number of phenolic OH excluding ortho intramolecular Hbond substituents is 1. The number of phenols is 1. The number of nitrogen functional groups attached to an aromatic ring is 1. The molecule has 0 radical (unpaired) electrons. The van der Waals surface area contributed by atoms with Gasteiger partial charge in [0, 0.05) is 53.2 Å². The third-order valence-corrected chi connectivity index (χ3v) is 12.6. The van der Waals surface area contributed by atoms with Crippen molar-refractivity contribution in [1.82, 2.24) is 15.5 Å². The van der Waals surface area contributed by atoms with Crippen LogP contribution >= 0.6 is 11.8 Å². The third kappa shape index (κ3) is 5.88. The third-order valence-electron chi connectivity index (χ3n) is 11.4. The summed E-state index contributed by atoms with van der Waals surface area (Å²) in [5.74, 6) is 1.69. The van der Waals surface area contributed by atoms with Crippen molar-refractivity contribution in [2.75, 3.05) is 51.9 Å². The van der Waals surface area contributed by atoms with Crippen LogP contribution in [0.15, 0.2) is 18.2 Å². The molecule has 6 aliphatic heterocycles. The summed E-state index contributed by atoms with van der Waals surface area (Å²) in [6.07, 6.45) is 1.14. The lowest BCUT2D eigenvalue weighted by molar-refractivity contribution is -0.132. The minimum Gasteiger partial charge on any atom is -0.504 e. The van der Waals surface area contributed by atoms with Gasteiger partial charge in [-0.25, -0.2) is 4.79 Å². The number of aliphatic hydroxyl groups excluding tert-OH is 1. The van der Waals surface area contributed by atoms with E-state index in [-0.39, 0.29) is 67.5 Å². The Hall–Kier alpha value is -4.41. The van der Waals surface area contributed by atoms with Crippen molar-refractivity contribution in [3.8, 4) is 34.5 Å². The minimum atomic E-state index is -0.576. The number of anilines is 1. The number of ether oxygens (including phenoxy) is 6. The van der Waals surface area contributed by atoms with Crippen molar-refractivity contribution < 1.29 is 48.2 Å². The van der Waals surface area contributed by atoms with Crippen molar-refractivity contribution >= 4 is 29.4 Å². The van der Waals surface area contributed by atoms with Crippen LogP contribution in [-0.2, 0) is 22.4 Å². The SMILES string of the molecule is COc1c(C)cc2c(c1O)[C@H]1N[C@@H](C2)[C@H](C)N2[C@H]1[C@@H]1SCNCCc3cc(N)c(OCCO)cc3C(=O)OC[C@H]2c2c3c(c(C)c(OC(C)=O)c21)OCO3. The molecule has 0 aliphatic carbocycles. The van der Waals surface area contributed by atoms with Gasteiger partial charge >= 0.3 is 11.9 Å². The quantitative estimate of drug-likeness (QED) is 0.144. The summed E-state index contributed by atoms with van der Waals surface area (Å²) in [4.78, 5) is 29.5. The van der Waals surface area contributed by atoms with Gasteiger partial charge in [-0.3, -0.25) is 9.69 Å². The number of methoxy groups -OCH3 is 1. The van der Waals surface area contributed by atoms with E-state index in [0.717, 1.165) is 27.8 Å². The molecule has 14 nitrogen and oxygen atoms in total. The molecule has 0 spiro atoms. The predicted molar refractivity (Wildman–Crippen MR) is 200 cm³/mol. The Balaban J connectivity index is 1.34. The number of carbonyl (C=O) groups excluding carboxylic acids is 2. The maximum absolute atomic E-state index is 14.3. The summed E-state index contributed by atoms with van der Waals surface area (Å²) in [7, 11) is 1.56. The molecule has 54 heavy (non-hydrogen) atoms. The fourth-order valence-electron chi connectivity index (χ4n) is 9.17. The molecule has 1 fully saturated rings. The largest absolute Gasteiger partial charge is 0.504 e. The van der Waals surface area contributed by atoms with Gasteiger partial charge in [-0.2, -0.15) is 0 Å². The maximum Gasteiger partial charge on any atom is 0.338 e. The zero-order chi connectivity index (χ0) is 38.0. The fraction of sp³-hybridized carbons (Fsp3) is 0.487. The molecule has 0 aromatic heterocycles. The standard InChI is InChI=1S/C39H46N4O10S/c1-17-10-22-12-25-19(3)43-26-14-50-39(47)23-13-27(49-9-8-44)24(40)11-21(23)6-7-41-15-54-38(32(43)31(42-25)28(22)33(46)34(17)48-5)30-29(26)37-36(51-16-52-37)18(2)35(30)53-20(4)45/h10-11,13,19,25-26,31-32,38,41-42,44,46H,6-9,12,14-16,40H2,1-5H3/t19-,25-,26-,31+,32+,38+/m0/s1. The van der Waals surface area contributed by atoms with Gasteiger partial charge in [-0.05, 0) is 69.0 Å². The molecule has 9 rings (SSSR count). The van der Waals surface area contributed by atoms with Crippen LogP contribution in [0.5, 0.6) is 34.5 Å². The predicted octanol–water partition coefficient (Wildman–Crippen LogP) is 3.74. The van der Waals surface area contributed by atoms with E-state index < -0.39 is 18.0 Å². The number of carbonyl (C=O) groups is 2. The summed E-state index contributed by atoms with van der Waals surface area (Å²) < 4.78 is 36.1. The number of nitrogens with one attached hydrogen (secondary N) is 2. The lowest BCUT2D eigenvalue weighted by Crippen LogP contribution is -2.68. The van der Waals surface area contributed by atoms with E-state index in [1.165, 1.54) is 6.92 Å². The molecule has 6 heterocycles. The molecular weight excluding hydrogens is 717 g/mol. The van der Waals surface area contributed by atoms with Gasteiger partial charge < -0.3 is 55.0 Å². The Labute approximate surface area is 317 Å². The first-order valence-corrected chi connectivity index (χ1v) is 19.3. The summed E-state index contributed by atoms with van der Waals surface area (Å²) in [5.41, 5.74) is 12.5. The number of aliphatic hydroxyl groups is 1. The summed E-state index contributed by atoms with van der Waals surface area (Å²) in [6, 6.07) is 4.02. The van der Waals surface area contributed by atoms with Crippen molar-refractivity contribution in [2.45, 2.75) is 76.0 Å². The molecule has 0 amide bonds. The number of piperazine rings is 1. The number of nitrogens with two attached hydrogens (primary N) is 1. The van der Waals surface area contributed by atoms with Crippen LogP contribution in [0, 0.1) is 13.8 Å². The normalized spacial score (nSPS) is 25.7. The molecule has 0 unspecified atom stereocenters. The first kappa shape index (κ1) is 36.6. The Kier molecular flexibility index (Phi) is 9.71. The fourth-order valence-corrected chi connectivity index (χ4v) is 10.5. The highest BCUT2D eigenvalue weighted by Gasteiger charge is 2.57. The monoisotopic (exact) mass is 762 g/mol. The molecule has 4 bridgehead atoms. The van der Waals surface area contributed by atoms with E-state index in [2.05, 4.69) is 28.5 Å². The number of thioether (sulfide) groups is 1. The van der Waals surface area contributed by atoms with Crippen molar-refractivity contribution in [3.05, 3.63) is 62.7 Å². The smallest absolute Gasteiger partial charge is 0.338 e. The molecular formula is C39H46N4O10S. The molecule has 3 aromatic carbocycles. The zero-order valence-electron chi connectivity index (χ0n) is 30.9. The van der Waals surface area contributed by atoms with Gasteiger partial charge in [0.2, 0.25) is 6.79 Å². The molecule has 6 atom stereocenters. The number of aromatic hydroxyl groups is 1. The van der Waals surface area contributed by atoms with Crippen LogP contribution in [0.1, 0.15) is 80.5 Å². The number of fused-ring (bicyclic) bond motifs is 11. The highest BCUT2D eigenvalue weighted by molar-refractivity contribution is 7.99. The zero-order valence-corrected chi connectivity index (χ0v) is 31.8. The summed E-state index contributed by atoms with van der Waals surface area (Å²) >= 11 is 1.68. The van der Waals surface area contributed by atoms with Gasteiger partial charge in [-0.1, -0.05) is 6.07 Å². The van der Waals surface area contributed by atoms with Crippen LogP contribution in [0.4, 0.5) is 5.69 Å². The molecule has 15 heteroatoms. The van der Waals surface area contributed by atoms with E-state index in [1.807, 2.05) is 13.8 Å². The van der Waals surface area contributed by atoms with Crippen LogP contribution in [0.3, 0.4) is 0 Å². The number of hydrogen-bond donors (Lipinski definition) is 5. The highest BCUT2D eigenvalue weighted by atomic mass is 32.2. The number of hydrogen-bond acceptors (Lipinski definition) is 15. The average molecular weight is 763 g/mol. The Bertz CT molecular complexity index is 2030. The number of esters is 2. The number of nitrogens with zero attached hydrogens (tertiary/aromatic N) is 1. The Morgan fingerprint density at radius 2 is 1.89 bits per heavy atom. The van der Waals surface area contributed by atoms with E-state index in [4.69, 9.17) is 34.2 Å². The second-order valence-electron chi connectivity index (χ2n) is 14.4. The van der Waals surface area contributed by atoms with Crippen molar-refractivity contribution in [1.29, 1.82) is 0 Å². The minimum absolute atomic E-state index is 0.0167. The first-order chi connectivity index (χ1) is 26.0. The second-order valence-corrected chi connectivity index (χ2v) is 15.6. The van der Waals surface area contributed by atoms with Gasteiger partial charge in [0.25, 0.3) is 0 Å². The number of aryl methyl sites for hydroxylation is 1. The van der Waals surface area contributed by atoms with E-state index in [1.54, 1.807) is 31.0 Å². The van der Waals surface area contributed by atoms with Gasteiger partial charge in [0.05, 0.1) is 42.3 Å². The van der Waals surface area contributed by atoms with Crippen LogP contribution < -0.4 is 40.1 Å². The van der Waals surface area contributed by atoms with Crippen LogP contribution in [0.25, 0.3) is 0 Å². The summed E-state index contributed by atoms with van der Waals surface area (Å²) in [6.45, 7) is 7.57. The van der Waals surface area contributed by atoms with Crippen molar-refractivity contribution in [3.63, 3.8) is 0 Å². The second kappa shape index (κ2) is 14.3. The lowest BCUT2D eigenvalue weighted by Gasteiger charge is -2.59. The highest BCUT2D eigenvalue weighted by Crippen LogP contribution is 2.62. The lowest BCUT2D eigenvalue weighted by atomic mass is 9.72. The molecule has 0 saturated carbocycles. The van der Waals surface area contributed by atoms with Gasteiger partial charge in [-0.15, -0.1) is 11.8 Å². The molecule has 6 N–H and O–H groups in total. The van der Waals surface area contributed by atoms with E-state index >= 15 is 0 Å². The molecule has 1 saturated heterocycles. The molecule has 6 aliphatic rings.